The predicted octanol–water partition coefficient (Wildman–Crippen LogP) is 4.43. The summed E-state index contributed by atoms with van der Waals surface area (Å²) in [5, 5.41) is 11.8. The van der Waals surface area contributed by atoms with Crippen molar-refractivity contribution in [1.82, 2.24) is 15.2 Å². The maximum absolute atomic E-state index is 4.74. The average molecular weight is 345 g/mol. The van der Waals surface area contributed by atoms with Crippen LogP contribution in [-0.4, -0.2) is 21.7 Å². The SMILES string of the molecule is CCc1cccc(CC)c1Nc1nncc(N2CCc3ccccc32)n1. The van der Waals surface area contributed by atoms with Gasteiger partial charge in [-0.25, -0.2) is 0 Å². The van der Waals surface area contributed by atoms with Crippen LogP contribution in [0.4, 0.5) is 23.1 Å². The third-order valence-electron chi connectivity index (χ3n) is 4.95. The third kappa shape index (κ3) is 3.01. The Labute approximate surface area is 154 Å². The number of para-hydroxylation sites is 2. The molecule has 1 aliphatic heterocycles. The Hall–Kier alpha value is -2.95. The van der Waals surface area contributed by atoms with Gasteiger partial charge in [-0.15, -0.1) is 5.10 Å². The minimum absolute atomic E-state index is 0.544. The molecule has 0 spiro atoms. The Morgan fingerprint density at radius 1 is 1.00 bits per heavy atom. The highest BCUT2D eigenvalue weighted by molar-refractivity contribution is 5.69. The molecular weight excluding hydrogens is 322 g/mol. The van der Waals surface area contributed by atoms with E-state index in [1.807, 2.05) is 0 Å². The Kier molecular flexibility index (Phi) is 4.52. The topological polar surface area (TPSA) is 53.9 Å². The molecule has 0 amide bonds. The van der Waals surface area contributed by atoms with Crippen molar-refractivity contribution in [2.45, 2.75) is 33.1 Å². The molecule has 0 radical (unpaired) electrons. The van der Waals surface area contributed by atoms with Crippen LogP contribution in [-0.2, 0) is 19.3 Å². The van der Waals surface area contributed by atoms with Crippen molar-refractivity contribution in [2.24, 2.45) is 0 Å². The molecule has 2 heterocycles. The van der Waals surface area contributed by atoms with E-state index in [4.69, 9.17) is 4.98 Å². The summed E-state index contributed by atoms with van der Waals surface area (Å²) < 4.78 is 0. The van der Waals surface area contributed by atoms with Gasteiger partial charge >= 0.3 is 0 Å². The first-order valence-corrected chi connectivity index (χ1v) is 9.23. The number of nitrogens with one attached hydrogen (secondary N) is 1. The van der Waals surface area contributed by atoms with E-state index in [1.165, 1.54) is 22.4 Å². The van der Waals surface area contributed by atoms with Gasteiger partial charge in [0.05, 0.1) is 6.20 Å². The first-order valence-electron chi connectivity index (χ1n) is 9.23. The minimum Gasteiger partial charge on any atom is -0.324 e. The molecule has 1 aromatic heterocycles. The van der Waals surface area contributed by atoms with Gasteiger partial charge in [0, 0.05) is 17.9 Å². The fourth-order valence-corrected chi connectivity index (χ4v) is 3.57. The number of rotatable bonds is 5. The zero-order chi connectivity index (χ0) is 17.9. The Balaban J connectivity index is 1.66. The molecule has 0 unspecified atom stereocenters. The maximum Gasteiger partial charge on any atom is 0.249 e. The van der Waals surface area contributed by atoms with E-state index in [0.717, 1.165) is 37.3 Å². The van der Waals surface area contributed by atoms with E-state index in [9.17, 15) is 0 Å². The molecule has 0 aliphatic carbocycles. The smallest absolute Gasteiger partial charge is 0.249 e. The fraction of sp³-hybridized carbons (Fsp3) is 0.286. The quantitative estimate of drug-likeness (QED) is 0.741. The maximum atomic E-state index is 4.74. The lowest BCUT2D eigenvalue weighted by Crippen LogP contribution is -2.16. The lowest BCUT2D eigenvalue weighted by atomic mass is 10.0. The van der Waals surface area contributed by atoms with Crippen LogP contribution in [0.25, 0.3) is 0 Å². The molecule has 1 N–H and O–H groups in total. The van der Waals surface area contributed by atoms with Crippen LogP contribution in [0.3, 0.4) is 0 Å². The first kappa shape index (κ1) is 16.5. The van der Waals surface area contributed by atoms with Gasteiger partial charge in [0.1, 0.15) is 0 Å². The molecule has 4 rings (SSSR count). The zero-order valence-corrected chi connectivity index (χ0v) is 15.2. The molecular formula is C21H23N5. The van der Waals surface area contributed by atoms with Crippen LogP contribution >= 0.6 is 0 Å². The normalized spacial score (nSPS) is 12.9. The van der Waals surface area contributed by atoms with Crippen LogP contribution in [0.5, 0.6) is 0 Å². The second-order valence-corrected chi connectivity index (χ2v) is 6.45. The zero-order valence-electron chi connectivity index (χ0n) is 15.2. The summed E-state index contributed by atoms with van der Waals surface area (Å²) in [5.41, 5.74) is 6.21. The molecule has 3 aromatic rings. The van der Waals surface area contributed by atoms with Crippen molar-refractivity contribution in [3.05, 3.63) is 65.4 Å². The Morgan fingerprint density at radius 3 is 2.54 bits per heavy atom. The molecule has 2 aromatic carbocycles. The third-order valence-corrected chi connectivity index (χ3v) is 4.95. The summed E-state index contributed by atoms with van der Waals surface area (Å²) in [5.74, 6) is 1.38. The Morgan fingerprint density at radius 2 is 1.77 bits per heavy atom. The van der Waals surface area contributed by atoms with Crippen LogP contribution in [0, 0.1) is 0 Å². The summed E-state index contributed by atoms with van der Waals surface area (Å²) in [6.45, 7) is 5.25. The first-order chi connectivity index (χ1) is 12.8. The molecule has 5 nitrogen and oxygen atoms in total. The second kappa shape index (κ2) is 7.12. The summed E-state index contributed by atoms with van der Waals surface area (Å²) in [6.07, 6.45) is 4.69. The molecule has 0 bridgehead atoms. The number of nitrogens with zero attached hydrogens (tertiary/aromatic N) is 4. The molecule has 0 saturated heterocycles. The predicted molar refractivity (Wildman–Crippen MR) is 105 cm³/mol. The number of aryl methyl sites for hydroxylation is 2. The minimum atomic E-state index is 0.544. The molecule has 26 heavy (non-hydrogen) atoms. The molecule has 0 atom stereocenters. The van der Waals surface area contributed by atoms with E-state index < -0.39 is 0 Å². The van der Waals surface area contributed by atoms with E-state index in [1.54, 1.807) is 6.20 Å². The number of benzene rings is 2. The van der Waals surface area contributed by atoms with Gasteiger partial charge in [0.2, 0.25) is 5.95 Å². The number of fused-ring (bicyclic) bond motifs is 1. The summed E-state index contributed by atoms with van der Waals surface area (Å²) >= 11 is 0. The van der Waals surface area contributed by atoms with Crippen molar-refractivity contribution in [1.29, 1.82) is 0 Å². The number of anilines is 4. The van der Waals surface area contributed by atoms with Gasteiger partial charge in [-0.05, 0) is 42.0 Å². The van der Waals surface area contributed by atoms with E-state index in [2.05, 4.69) is 76.7 Å². The molecule has 132 valence electrons. The molecule has 1 aliphatic rings. The Bertz CT molecular complexity index is 900. The standard InChI is InChI=1S/C21H23N5/c1-3-15-9-7-10-16(4-2)20(15)24-21-23-19(14-22-25-21)26-13-12-17-8-5-6-11-18(17)26/h5-11,14H,3-4,12-13H2,1-2H3,(H,23,24,25). The van der Waals surface area contributed by atoms with Crippen LogP contribution < -0.4 is 10.2 Å². The van der Waals surface area contributed by atoms with Gasteiger partial charge in [0.15, 0.2) is 5.82 Å². The second-order valence-electron chi connectivity index (χ2n) is 6.45. The lowest BCUT2D eigenvalue weighted by molar-refractivity contribution is 0.918. The fourth-order valence-electron chi connectivity index (χ4n) is 3.57. The number of aromatic nitrogens is 3. The van der Waals surface area contributed by atoms with Crippen molar-refractivity contribution < 1.29 is 0 Å². The van der Waals surface area contributed by atoms with Crippen molar-refractivity contribution >= 4 is 23.1 Å². The summed E-state index contributed by atoms with van der Waals surface area (Å²) in [7, 11) is 0. The highest BCUT2D eigenvalue weighted by Gasteiger charge is 2.21. The largest absolute Gasteiger partial charge is 0.324 e. The van der Waals surface area contributed by atoms with Gasteiger partial charge in [-0.2, -0.15) is 10.1 Å². The molecule has 0 saturated carbocycles. The van der Waals surface area contributed by atoms with E-state index in [0.29, 0.717) is 5.95 Å². The highest BCUT2D eigenvalue weighted by atomic mass is 15.3. The number of hydrogen-bond donors (Lipinski definition) is 1. The van der Waals surface area contributed by atoms with Gasteiger partial charge in [-0.1, -0.05) is 50.2 Å². The van der Waals surface area contributed by atoms with Crippen molar-refractivity contribution in [3.8, 4) is 0 Å². The lowest BCUT2D eigenvalue weighted by Gasteiger charge is -2.19. The van der Waals surface area contributed by atoms with Crippen LogP contribution in [0.1, 0.15) is 30.5 Å². The van der Waals surface area contributed by atoms with Gasteiger partial charge < -0.3 is 10.2 Å². The van der Waals surface area contributed by atoms with E-state index in [-0.39, 0.29) is 0 Å². The van der Waals surface area contributed by atoms with Crippen molar-refractivity contribution in [2.75, 3.05) is 16.8 Å². The highest BCUT2D eigenvalue weighted by Crippen LogP contribution is 2.33. The van der Waals surface area contributed by atoms with E-state index >= 15 is 0 Å². The monoisotopic (exact) mass is 345 g/mol. The van der Waals surface area contributed by atoms with Gasteiger partial charge in [0.25, 0.3) is 0 Å². The summed E-state index contributed by atoms with van der Waals surface area (Å²) in [6, 6.07) is 14.9. The average Bonchev–Trinajstić information content (AvgIpc) is 3.12. The van der Waals surface area contributed by atoms with Crippen LogP contribution in [0.2, 0.25) is 0 Å². The van der Waals surface area contributed by atoms with Crippen LogP contribution in [0.15, 0.2) is 48.7 Å². The summed E-state index contributed by atoms with van der Waals surface area (Å²) in [4.78, 5) is 6.95. The molecule has 0 fully saturated rings. The van der Waals surface area contributed by atoms with Crippen molar-refractivity contribution in [3.63, 3.8) is 0 Å². The molecule has 5 heteroatoms. The number of hydrogen-bond acceptors (Lipinski definition) is 5. The van der Waals surface area contributed by atoms with Gasteiger partial charge in [-0.3, -0.25) is 0 Å².